The lowest BCUT2D eigenvalue weighted by Gasteiger charge is -2.21. The van der Waals surface area contributed by atoms with Crippen LogP contribution in [0.2, 0.25) is 0 Å². The topological polar surface area (TPSA) is 29.3 Å². The Bertz CT molecular complexity index is 435. The fourth-order valence-electron chi connectivity index (χ4n) is 3.26. The van der Waals surface area contributed by atoms with Crippen LogP contribution in [0.15, 0.2) is 12.1 Å². The molecular formula is C13H16F2N2. The Morgan fingerprint density at radius 3 is 2.41 bits per heavy atom. The molecule has 2 aliphatic rings. The van der Waals surface area contributed by atoms with E-state index >= 15 is 0 Å². The normalized spacial score (nSPS) is 27.5. The summed E-state index contributed by atoms with van der Waals surface area (Å²) in [5, 5.41) is 0. The standard InChI is InChI=1S/C13H16F2N2/c14-10-4-11(15)13(16)12(5-10)17-6-8-2-1-3-9(8)7-17/h4-5,8-9H,1-3,6-7,16H2. The highest BCUT2D eigenvalue weighted by atomic mass is 19.1. The van der Waals surface area contributed by atoms with Gasteiger partial charge in [0, 0.05) is 19.2 Å². The number of nitrogens with two attached hydrogens (primary N) is 1. The first-order valence-corrected chi connectivity index (χ1v) is 6.14. The van der Waals surface area contributed by atoms with E-state index in [2.05, 4.69) is 0 Å². The van der Waals surface area contributed by atoms with Crippen LogP contribution in [0.25, 0.3) is 0 Å². The average molecular weight is 238 g/mol. The molecule has 1 aliphatic heterocycles. The van der Waals surface area contributed by atoms with Gasteiger partial charge in [-0.15, -0.1) is 0 Å². The highest BCUT2D eigenvalue weighted by Crippen LogP contribution is 2.41. The molecule has 3 rings (SSSR count). The van der Waals surface area contributed by atoms with Crippen molar-refractivity contribution in [3.63, 3.8) is 0 Å². The monoisotopic (exact) mass is 238 g/mol. The third kappa shape index (κ3) is 1.75. The van der Waals surface area contributed by atoms with E-state index in [-0.39, 0.29) is 5.69 Å². The Morgan fingerprint density at radius 1 is 1.12 bits per heavy atom. The van der Waals surface area contributed by atoms with Crippen LogP contribution >= 0.6 is 0 Å². The summed E-state index contributed by atoms with van der Waals surface area (Å²) in [4.78, 5) is 2.04. The van der Waals surface area contributed by atoms with Crippen LogP contribution in [0.5, 0.6) is 0 Å². The lowest BCUT2D eigenvalue weighted by atomic mass is 10.0. The number of benzene rings is 1. The predicted molar refractivity (Wildman–Crippen MR) is 63.8 cm³/mol. The van der Waals surface area contributed by atoms with Crippen LogP contribution in [0, 0.1) is 23.5 Å². The lowest BCUT2D eigenvalue weighted by molar-refractivity contribution is 0.494. The zero-order chi connectivity index (χ0) is 12.0. The van der Waals surface area contributed by atoms with E-state index < -0.39 is 11.6 Å². The zero-order valence-electron chi connectivity index (χ0n) is 9.63. The van der Waals surface area contributed by atoms with E-state index in [4.69, 9.17) is 5.73 Å². The highest BCUT2D eigenvalue weighted by Gasteiger charge is 2.36. The van der Waals surface area contributed by atoms with Crippen molar-refractivity contribution < 1.29 is 8.78 Å². The summed E-state index contributed by atoms with van der Waals surface area (Å²) in [6.45, 7) is 1.77. The number of anilines is 2. The molecule has 1 saturated heterocycles. The van der Waals surface area contributed by atoms with Gasteiger partial charge in [-0.1, -0.05) is 6.42 Å². The Labute approximate surface area is 99.4 Å². The van der Waals surface area contributed by atoms with Crippen molar-refractivity contribution in [1.29, 1.82) is 0 Å². The molecule has 0 bridgehead atoms. The Morgan fingerprint density at radius 2 is 1.76 bits per heavy atom. The van der Waals surface area contributed by atoms with E-state index in [9.17, 15) is 8.78 Å². The van der Waals surface area contributed by atoms with Gasteiger partial charge in [-0.05, 0) is 30.7 Å². The van der Waals surface area contributed by atoms with Gasteiger partial charge in [0.25, 0.3) is 0 Å². The van der Waals surface area contributed by atoms with Crippen LogP contribution in [-0.4, -0.2) is 13.1 Å². The molecule has 1 aliphatic carbocycles. The maximum absolute atomic E-state index is 13.4. The number of nitrogens with zero attached hydrogens (tertiary/aromatic N) is 1. The molecule has 2 fully saturated rings. The van der Waals surface area contributed by atoms with E-state index in [1.807, 2.05) is 4.90 Å². The smallest absolute Gasteiger partial charge is 0.151 e. The number of fused-ring (bicyclic) bond motifs is 1. The Kier molecular flexibility index (Phi) is 2.45. The van der Waals surface area contributed by atoms with Crippen molar-refractivity contribution in [3.8, 4) is 0 Å². The van der Waals surface area contributed by atoms with E-state index in [1.54, 1.807) is 0 Å². The molecule has 0 radical (unpaired) electrons. The van der Waals surface area contributed by atoms with Crippen molar-refractivity contribution in [1.82, 2.24) is 0 Å². The van der Waals surface area contributed by atoms with Crippen LogP contribution in [0.4, 0.5) is 20.2 Å². The minimum Gasteiger partial charge on any atom is -0.395 e. The van der Waals surface area contributed by atoms with Gasteiger partial charge < -0.3 is 10.6 Å². The zero-order valence-corrected chi connectivity index (χ0v) is 9.63. The molecule has 2 unspecified atom stereocenters. The molecule has 2 nitrogen and oxygen atoms in total. The molecule has 1 aromatic rings. The van der Waals surface area contributed by atoms with Gasteiger partial charge in [-0.25, -0.2) is 8.78 Å². The molecule has 1 heterocycles. The van der Waals surface area contributed by atoms with Gasteiger partial charge in [0.15, 0.2) is 5.82 Å². The maximum atomic E-state index is 13.4. The van der Waals surface area contributed by atoms with Crippen molar-refractivity contribution in [2.45, 2.75) is 19.3 Å². The van der Waals surface area contributed by atoms with Crippen molar-refractivity contribution in [3.05, 3.63) is 23.8 Å². The second-order valence-corrected chi connectivity index (χ2v) is 5.18. The molecule has 92 valence electrons. The molecule has 17 heavy (non-hydrogen) atoms. The minimum atomic E-state index is -0.656. The first kappa shape index (κ1) is 10.8. The average Bonchev–Trinajstić information content (AvgIpc) is 2.83. The molecule has 0 spiro atoms. The molecule has 2 N–H and O–H groups in total. The van der Waals surface area contributed by atoms with Crippen molar-refractivity contribution >= 4 is 11.4 Å². The number of hydrogen-bond donors (Lipinski definition) is 1. The lowest BCUT2D eigenvalue weighted by Crippen LogP contribution is -2.22. The molecule has 2 atom stereocenters. The highest BCUT2D eigenvalue weighted by molar-refractivity contribution is 5.68. The molecule has 4 heteroatoms. The van der Waals surface area contributed by atoms with Gasteiger partial charge in [0.2, 0.25) is 0 Å². The minimum absolute atomic E-state index is 0.0753. The summed E-state index contributed by atoms with van der Waals surface area (Å²) in [6, 6.07) is 2.19. The quantitative estimate of drug-likeness (QED) is 0.762. The molecule has 0 amide bonds. The number of halogens is 2. The Hall–Kier alpha value is -1.32. The molecule has 1 aromatic carbocycles. The SMILES string of the molecule is Nc1c(F)cc(F)cc1N1CC2CCCC2C1. The molecular weight excluding hydrogens is 222 g/mol. The number of nitrogen functional groups attached to an aromatic ring is 1. The molecule has 1 saturated carbocycles. The predicted octanol–water partition coefficient (Wildman–Crippen LogP) is 2.78. The van der Waals surface area contributed by atoms with E-state index in [0.717, 1.165) is 19.2 Å². The van der Waals surface area contributed by atoms with Gasteiger partial charge in [0.1, 0.15) is 5.82 Å². The van der Waals surface area contributed by atoms with Gasteiger partial charge >= 0.3 is 0 Å². The summed E-state index contributed by atoms with van der Waals surface area (Å²) in [5.74, 6) is 0.155. The summed E-state index contributed by atoms with van der Waals surface area (Å²) in [7, 11) is 0. The number of rotatable bonds is 1. The summed E-state index contributed by atoms with van der Waals surface area (Å²) >= 11 is 0. The van der Waals surface area contributed by atoms with E-state index in [1.165, 1.54) is 25.3 Å². The fourth-order valence-corrected chi connectivity index (χ4v) is 3.26. The first-order valence-electron chi connectivity index (χ1n) is 6.14. The Balaban J connectivity index is 1.90. The fraction of sp³-hybridized carbons (Fsp3) is 0.538. The summed E-state index contributed by atoms with van der Waals surface area (Å²) in [5.41, 5.74) is 6.30. The first-order chi connectivity index (χ1) is 8.15. The van der Waals surface area contributed by atoms with Crippen LogP contribution in [0.3, 0.4) is 0 Å². The largest absolute Gasteiger partial charge is 0.395 e. The van der Waals surface area contributed by atoms with Gasteiger partial charge in [-0.3, -0.25) is 0 Å². The second kappa shape index (κ2) is 3.86. The van der Waals surface area contributed by atoms with Gasteiger partial charge in [-0.2, -0.15) is 0 Å². The van der Waals surface area contributed by atoms with Crippen LogP contribution < -0.4 is 10.6 Å². The van der Waals surface area contributed by atoms with Crippen molar-refractivity contribution in [2.24, 2.45) is 11.8 Å². The van der Waals surface area contributed by atoms with E-state index in [0.29, 0.717) is 17.5 Å². The third-order valence-electron chi connectivity index (χ3n) is 4.14. The van der Waals surface area contributed by atoms with Gasteiger partial charge in [0.05, 0.1) is 11.4 Å². The third-order valence-corrected chi connectivity index (χ3v) is 4.14. The maximum Gasteiger partial charge on any atom is 0.151 e. The van der Waals surface area contributed by atoms with Crippen molar-refractivity contribution in [2.75, 3.05) is 23.7 Å². The second-order valence-electron chi connectivity index (χ2n) is 5.18. The number of hydrogen-bond acceptors (Lipinski definition) is 2. The summed E-state index contributed by atoms with van der Waals surface area (Å²) in [6.07, 6.45) is 3.76. The summed E-state index contributed by atoms with van der Waals surface area (Å²) < 4.78 is 26.6. The van der Waals surface area contributed by atoms with Crippen LogP contribution in [-0.2, 0) is 0 Å². The molecule has 0 aromatic heterocycles. The van der Waals surface area contributed by atoms with Crippen LogP contribution in [0.1, 0.15) is 19.3 Å².